The van der Waals surface area contributed by atoms with Crippen LogP contribution in [0.3, 0.4) is 0 Å². The number of fused-ring (bicyclic) bond motifs is 1. The van der Waals surface area contributed by atoms with Gasteiger partial charge in [0, 0.05) is 12.1 Å². The van der Waals surface area contributed by atoms with Crippen LogP contribution in [0, 0.1) is 0 Å². The lowest BCUT2D eigenvalue weighted by Gasteiger charge is -2.20. The predicted octanol–water partition coefficient (Wildman–Crippen LogP) is 4.46. The van der Waals surface area contributed by atoms with E-state index in [1.54, 1.807) is 18.3 Å². The minimum absolute atomic E-state index is 0.00380. The molecular weight excluding hydrogens is 468 g/mol. The minimum atomic E-state index is -3.89. The number of benzene rings is 3. The van der Waals surface area contributed by atoms with Gasteiger partial charge in [0.1, 0.15) is 11.3 Å². The average molecular weight is 491 g/mol. The van der Waals surface area contributed by atoms with Crippen LogP contribution in [0.1, 0.15) is 21.8 Å². The topological polar surface area (TPSA) is 98.9 Å². The minimum Gasteiger partial charge on any atom is -0.496 e. The van der Waals surface area contributed by atoms with Crippen molar-refractivity contribution in [1.82, 2.24) is 4.98 Å². The molecule has 5 rings (SSSR count). The molecule has 0 N–H and O–H groups in total. The number of oxazole rings is 1. The Labute approximate surface area is 202 Å². The number of esters is 1. The van der Waals surface area contributed by atoms with E-state index in [2.05, 4.69) is 4.98 Å². The summed E-state index contributed by atoms with van der Waals surface area (Å²) in [5.41, 5.74) is 2.45. The number of aromatic nitrogens is 1. The molecule has 0 amide bonds. The molecule has 0 atom stereocenters. The molecule has 0 saturated heterocycles. The van der Waals surface area contributed by atoms with Crippen molar-refractivity contribution in [3.05, 3.63) is 96.0 Å². The van der Waals surface area contributed by atoms with Crippen molar-refractivity contribution in [3.8, 4) is 17.1 Å². The van der Waals surface area contributed by atoms with E-state index >= 15 is 0 Å². The Morgan fingerprint density at radius 2 is 1.83 bits per heavy atom. The highest BCUT2D eigenvalue weighted by Crippen LogP contribution is 2.34. The predicted molar refractivity (Wildman–Crippen MR) is 129 cm³/mol. The summed E-state index contributed by atoms with van der Waals surface area (Å²) in [6.07, 6.45) is 2.18. The molecule has 0 bridgehead atoms. The maximum absolute atomic E-state index is 13.4. The molecule has 178 valence electrons. The molecule has 0 aliphatic carbocycles. The Morgan fingerprint density at radius 1 is 1.06 bits per heavy atom. The fourth-order valence-corrected chi connectivity index (χ4v) is 5.54. The molecule has 0 spiro atoms. The van der Waals surface area contributed by atoms with Crippen molar-refractivity contribution < 1.29 is 27.1 Å². The number of hydrogen-bond donors (Lipinski definition) is 0. The fraction of sp³-hybridized carbons (Fsp3) is 0.154. The van der Waals surface area contributed by atoms with Gasteiger partial charge in [-0.2, -0.15) is 0 Å². The van der Waals surface area contributed by atoms with Crippen LogP contribution in [0.15, 0.2) is 88.3 Å². The molecule has 1 aromatic heterocycles. The van der Waals surface area contributed by atoms with Crippen molar-refractivity contribution >= 4 is 21.7 Å². The van der Waals surface area contributed by atoms with E-state index in [4.69, 9.17) is 13.9 Å². The summed E-state index contributed by atoms with van der Waals surface area (Å²) >= 11 is 0. The number of para-hydroxylation sites is 1. The number of carbonyl (C=O) groups excluding carboxylic acids is 1. The summed E-state index contributed by atoms with van der Waals surface area (Å²) < 4.78 is 44.5. The first-order chi connectivity index (χ1) is 17.0. The SMILES string of the molecule is COc1ccc(S(=O)(=O)N2CCc3ccccc32)cc1C(=O)OCc1ncc(-c2ccccc2)o1. The van der Waals surface area contributed by atoms with Gasteiger partial charge in [0.05, 0.1) is 23.9 Å². The Bertz CT molecular complexity index is 1480. The number of hydrogen-bond acceptors (Lipinski definition) is 7. The molecule has 0 radical (unpaired) electrons. The van der Waals surface area contributed by atoms with Crippen LogP contribution >= 0.6 is 0 Å². The van der Waals surface area contributed by atoms with Crippen LogP contribution in [0.25, 0.3) is 11.3 Å². The number of sulfonamides is 1. The molecule has 1 aliphatic heterocycles. The number of methoxy groups -OCH3 is 1. The third kappa shape index (κ3) is 4.38. The van der Waals surface area contributed by atoms with Gasteiger partial charge in [-0.3, -0.25) is 4.31 Å². The number of ether oxygens (including phenoxy) is 2. The monoisotopic (exact) mass is 490 g/mol. The zero-order chi connectivity index (χ0) is 24.4. The first kappa shape index (κ1) is 22.7. The molecular formula is C26H22N2O6S. The van der Waals surface area contributed by atoms with Gasteiger partial charge >= 0.3 is 5.97 Å². The molecule has 1 aliphatic rings. The molecule has 9 heteroatoms. The van der Waals surface area contributed by atoms with Crippen molar-refractivity contribution in [2.45, 2.75) is 17.9 Å². The molecule has 2 heterocycles. The summed E-state index contributed by atoms with van der Waals surface area (Å²) in [7, 11) is -2.49. The third-order valence-electron chi connectivity index (χ3n) is 5.76. The maximum atomic E-state index is 13.4. The van der Waals surface area contributed by atoms with Crippen molar-refractivity contribution in [3.63, 3.8) is 0 Å². The van der Waals surface area contributed by atoms with Crippen LogP contribution < -0.4 is 9.04 Å². The molecule has 4 aromatic rings. The smallest absolute Gasteiger partial charge is 0.342 e. The zero-order valence-electron chi connectivity index (χ0n) is 18.9. The lowest BCUT2D eigenvalue weighted by molar-refractivity contribution is 0.0435. The van der Waals surface area contributed by atoms with Gasteiger partial charge in [0.2, 0.25) is 5.89 Å². The quantitative estimate of drug-likeness (QED) is 0.353. The van der Waals surface area contributed by atoms with E-state index in [9.17, 15) is 13.2 Å². The fourth-order valence-electron chi connectivity index (χ4n) is 4.01. The van der Waals surface area contributed by atoms with Crippen molar-refractivity contribution in [2.75, 3.05) is 18.0 Å². The van der Waals surface area contributed by atoms with Gasteiger partial charge in [-0.05, 0) is 36.2 Å². The number of rotatable bonds is 7. The first-order valence-corrected chi connectivity index (χ1v) is 12.4. The summed E-state index contributed by atoms with van der Waals surface area (Å²) in [5.74, 6) is 0.218. The van der Waals surface area contributed by atoms with Crippen LogP contribution in [0.2, 0.25) is 0 Å². The zero-order valence-corrected chi connectivity index (χ0v) is 19.7. The summed E-state index contributed by atoms with van der Waals surface area (Å²) in [5, 5.41) is 0. The molecule has 3 aromatic carbocycles. The summed E-state index contributed by atoms with van der Waals surface area (Å²) in [4.78, 5) is 17.0. The molecule has 8 nitrogen and oxygen atoms in total. The van der Waals surface area contributed by atoms with Crippen LogP contribution in [0.5, 0.6) is 5.75 Å². The third-order valence-corrected chi connectivity index (χ3v) is 7.57. The van der Waals surface area contributed by atoms with Crippen LogP contribution in [-0.2, 0) is 27.8 Å². The van der Waals surface area contributed by atoms with E-state index in [0.717, 1.165) is 11.1 Å². The van der Waals surface area contributed by atoms with Gasteiger partial charge in [0.15, 0.2) is 12.4 Å². The number of nitrogens with zero attached hydrogens (tertiary/aromatic N) is 2. The summed E-state index contributed by atoms with van der Waals surface area (Å²) in [6.45, 7) is 0.118. The van der Waals surface area contributed by atoms with Gasteiger partial charge in [0.25, 0.3) is 10.0 Å². The average Bonchev–Trinajstić information content (AvgIpc) is 3.55. The van der Waals surface area contributed by atoms with Gasteiger partial charge in [-0.25, -0.2) is 18.2 Å². The Morgan fingerprint density at radius 3 is 2.63 bits per heavy atom. The van der Waals surface area contributed by atoms with Crippen molar-refractivity contribution in [1.29, 1.82) is 0 Å². The first-order valence-electron chi connectivity index (χ1n) is 10.9. The molecule has 0 saturated carbocycles. The van der Waals surface area contributed by atoms with Gasteiger partial charge < -0.3 is 13.9 Å². The van der Waals surface area contributed by atoms with Gasteiger partial charge in [-0.1, -0.05) is 48.5 Å². The lowest BCUT2D eigenvalue weighted by Crippen LogP contribution is -2.29. The normalized spacial score (nSPS) is 12.9. The van der Waals surface area contributed by atoms with Crippen molar-refractivity contribution in [2.24, 2.45) is 0 Å². The highest BCUT2D eigenvalue weighted by molar-refractivity contribution is 7.92. The molecule has 0 fully saturated rings. The Kier molecular flexibility index (Phi) is 6.00. The number of carbonyl (C=O) groups is 1. The molecule has 35 heavy (non-hydrogen) atoms. The second-order valence-corrected chi connectivity index (χ2v) is 9.74. The Balaban J connectivity index is 1.36. The second kappa shape index (κ2) is 9.27. The lowest BCUT2D eigenvalue weighted by atomic mass is 10.2. The van der Waals surface area contributed by atoms with E-state index in [-0.39, 0.29) is 28.7 Å². The Hall–Kier alpha value is -4.11. The van der Waals surface area contributed by atoms with E-state index in [1.807, 2.05) is 42.5 Å². The summed E-state index contributed by atoms with van der Waals surface area (Å²) in [6, 6.07) is 20.9. The van der Waals surface area contributed by atoms with E-state index < -0.39 is 16.0 Å². The van der Waals surface area contributed by atoms with E-state index in [1.165, 1.54) is 29.6 Å². The van der Waals surface area contributed by atoms with Crippen LogP contribution in [0.4, 0.5) is 5.69 Å². The highest BCUT2D eigenvalue weighted by atomic mass is 32.2. The molecule has 0 unspecified atom stereocenters. The van der Waals surface area contributed by atoms with Crippen LogP contribution in [-0.4, -0.2) is 33.0 Å². The largest absolute Gasteiger partial charge is 0.496 e. The maximum Gasteiger partial charge on any atom is 0.342 e. The highest BCUT2D eigenvalue weighted by Gasteiger charge is 2.32. The van der Waals surface area contributed by atoms with Gasteiger partial charge in [-0.15, -0.1) is 0 Å². The van der Waals surface area contributed by atoms with E-state index in [0.29, 0.717) is 24.4 Å². The second-order valence-electron chi connectivity index (χ2n) is 7.88. The number of anilines is 1. The standard InChI is InChI=1S/C26H22N2O6S/c1-32-23-12-11-20(35(30,31)28-14-13-18-7-5-6-10-22(18)28)15-21(23)26(29)33-17-25-27-16-24(34-25)19-8-3-2-4-9-19/h2-12,15-16H,13-14,17H2,1H3.